The van der Waals surface area contributed by atoms with Crippen LogP contribution in [0.3, 0.4) is 0 Å². The predicted molar refractivity (Wildman–Crippen MR) is 99.7 cm³/mol. The number of anilines is 2. The van der Waals surface area contributed by atoms with Gasteiger partial charge in [0.05, 0.1) is 5.69 Å². The first kappa shape index (κ1) is 17.5. The molecule has 0 saturated heterocycles. The van der Waals surface area contributed by atoms with Gasteiger partial charge in [-0.2, -0.15) is 4.98 Å². The summed E-state index contributed by atoms with van der Waals surface area (Å²) >= 11 is 0. The first-order valence-corrected chi connectivity index (χ1v) is 9.82. The Morgan fingerprint density at radius 1 is 1.08 bits per heavy atom. The molecule has 0 bridgehead atoms. The van der Waals surface area contributed by atoms with Crippen molar-refractivity contribution in [3.8, 4) is 0 Å². The molecule has 1 atom stereocenters. The van der Waals surface area contributed by atoms with Gasteiger partial charge in [0.25, 0.3) is 0 Å². The standard InChI is InChI=1S/C19H33N5/c1-2-24(12-6-9-14-7-4-3-5-8-14)15-10-11-17-16(13-15)18(20)23-19(21)22-17/h14-15H,2-13H2,1H3,(H4,20,21,22,23). The molecule has 0 radical (unpaired) electrons. The van der Waals surface area contributed by atoms with Gasteiger partial charge in [-0.15, -0.1) is 0 Å². The molecule has 4 N–H and O–H groups in total. The minimum absolute atomic E-state index is 0.310. The molecule has 1 aromatic rings. The van der Waals surface area contributed by atoms with Gasteiger partial charge >= 0.3 is 0 Å². The van der Waals surface area contributed by atoms with E-state index >= 15 is 0 Å². The van der Waals surface area contributed by atoms with Gasteiger partial charge in [0.1, 0.15) is 5.82 Å². The van der Waals surface area contributed by atoms with Gasteiger partial charge in [-0.1, -0.05) is 39.0 Å². The Morgan fingerprint density at radius 2 is 1.88 bits per heavy atom. The monoisotopic (exact) mass is 331 g/mol. The van der Waals surface area contributed by atoms with Crippen LogP contribution < -0.4 is 11.5 Å². The summed E-state index contributed by atoms with van der Waals surface area (Å²) < 4.78 is 0. The van der Waals surface area contributed by atoms with Crippen molar-refractivity contribution < 1.29 is 0 Å². The molecule has 24 heavy (non-hydrogen) atoms. The number of aryl methyl sites for hydroxylation is 1. The lowest BCUT2D eigenvalue weighted by Gasteiger charge is -2.35. The van der Waals surface area contributed by atoms with E-state index in [4.69, 9.17) is 11.5 Å². The van der Waals surface area contributed by atoms with Crippen LogP contribution in [-0.2, 0) is 12.8 Å². The number of aromatic nitrogens is 2. The molecule has 2 aliphatic carbocycles. The highest BCUT2D eigenvalue weighted by molar-refractivity contribution is 5.47. The zero-order valence-corrected chi connectivity index (χ0v) is 15.1. The number of hydrogen-bond donors (Lipinski definition) is 2. The molecular weight excluding hydrogens is 298 g/mol. The summed E-state index contributed by atoms with van der Waals surface area (Å²) in [5.74, 6) is 1.88. The molecule has 1 heterocycles. The van der Waals surface area contributed by atoms with Crippen molar-refractivity contribution in [3.05, 3.63) is 11.3 Å². The topological polar surface area (TPSA) is 81.1 Å². The van der Waals surface area contributed by atoms with Crippen LogP contribution in [0.4, 0.5) is 11.8 Å². The van der Waals surface area contributed by atoms with Crippen LogP contribution >= 0.6 is 0 Å². The highest BCUT2D eigenvalue weighted by Gasteiger charge is 2.26. The van der Waals surface area contributed by atoms with Crippen LogP contribution in [0.2, 0.25) is 0 Å². The van der Waals surface area contributed by atoms with Gasteiger partial charge in [0, 0.05) is 11.6 Å². The third-order valence-electron chi connectivity index (χ3n) is 6.00. The molecule has 0 aromatic carbocycles. The molecule has 0 spiro atoms. The zero-order chi connectivity index (χ0) is 16.9. The number of fused-ring (bicyclic) bond motifs is 1. The van der Waals surface area contributed by atoms with Gasteiger partial charge in [0.15, 0.2) is 0 Å². The van der Waals surface area contributed by atoms with Crippen molar-refractivity contribution in [3.63, 3.8) is 0 Å². The zero-order valence-electron chi connectivity index (χ0n) is 15.1. The molecule has 0 aliphatic heterocycles. The normalized spacial score (nSPS) is 21.8. The first-order valence-electron chi connectivity index (χ1n) is 9.82. The maximum atomic E-state index is 6.09. The molecule has 1 aromatic heterocycles. The predicted octanol–water partition coefficient (Wildman–Crippen LogP) is 3.18. The Labute approximate surface area is 146 Å². The number of nitrogens with zero attached hydrogens (tertiary/aromatic N) is 3. The molecule has 1 fully saturated rings. The highest BCUT2D eigenvalue weighted by Crippen LogP contribution is 2.29. The van der Waals surface area contributed by atoms with E-state index in [1.165, 1.54) is 51.5 Å². The second-order valence-electron chi connectivity index (χ2n) is 7.56. The lowest BCUT2D eigenvalue weighted by molar-refractivity contribution is 0.178. The first-order chi connectivity index (χ1) is 11.7. The molecule has 1 unspecified atom stereocenters. The largest absolute Gasteiger partial charge is 0.383 e. The number of likely N-dealkylation sites (N-methyl/N-ethyl adjacent to an activating group) is 1. The van der Waals surface area contributed by atoms with Crippen molar-refractivity contribution in [2.24, 2.45) is 5.92 Å². The summed E-state index contributed by atoms with van der Waals surface area (Å²) in [4.78, 5) is 11.2. The highest BCUT2D eigenvalue weighted by atomic mass is 15.2. The van der Waals surface area contributed by atoms with Crippen LogP contribution in [0.1, 0.15) is 69.5 Å². The molecule has 2 aliphatic rings. The SMILES string of the molecule is CCN(CCCC1CCCCC1)C1CCc2nc(N)nc(N)c2C1. The second-order valence-corrected chi connectivity index (χ2v) is 7.56. The van der Waals surface area contributed by atoms with Crippen LogP contribution in [0.15, 0.2) is 0 Å². The van der Waals surface area contributed by atoms with E-state index in [1.807, 2.05) is 0 Å². The Kier molecular flexibility index (Phi) is 5.93. The summed E-state index contributed by atoms with van der Waals surface area (Å²) in [5.41, 5.74) is 14.0. The fraction of sp³-hybridized carbons (Fsp3) is 0.789. The smallest absolute Gasteiger partial charge is 0.222 e. The Balaban J connectivity index is 1.54. The number of nitrogens with two attached hydrogens (primary N) is 2. The molecule has 3 rings (SSSR count). The molecule has 5 heteroatoms. The van der Waals surface area contributed by atoms with Crippen LogP contribution in [0.25, 0.3) is 0 Å². The van der Waals surface area contributed by atoms with E-state index in [-0.39, 0.29) is 0 Å². The van der Waals surface area contributed by atoms with Crippen LogP contribution in [0.5, 0.6) is 0 Å². The summed E-state index contributed by atoms with van der Waals surface area (Å²) in [7, 11) is 0. The van der Waals surface area contributed by atoms with Crippen molar-refractivity contribution >= 4 is 11.8 Å². The van der Waals surface area contributed by atoms with Gasteiger partial charge in [0.2, 0.25) is 5.95 Å². The summed E-state index contributed by atoms with van der Waals surface area (Å²) in [6, 6.07) is 0.573. The van der Waals surface area contributed by atoms with E-state index in [0.29, 0.717) is 17.8 Å². The Hall–Kier alpha value is -1.36. The fourth-order valence-electron chi connectivity index (χ4n) is 4.61. The van der Waals surface area contributed by atoms with Crippen LogP contribution in [0, 0.1) is 5.92 Å². The third kappa shape index (κ3) is 4.18. The van der Waals surface area contributed by atoms with Crippen molar-refractivity contribution in [1.29, 1.82) is 0 Å². The number of hydrogen-bond acceptors (Lipinski definition) is 5. The van der Waals surface area contributed by atoms with Crippen molar-refractivity contribution in [2.45, 2.75) is 77.2 Å². The Morgan fingerprint density at radius 3 is 2.62 bits per heavy atom. The van der Waals surface area contributed by atoms with Gasteiger partial charge in [-0.25, -0.2) is 4.98 Å². The maximum absolute atomic E-state index is 6.09. The minimum atomic E-state index is 0.310. The summed E-state index contributed by atoms with van der Waals surface area (Å²) in [5, 5.41) is 0. The molecule has 134 valence electrons. The number of nitrogen functional groups attached to an aromatic ring is 2. The molecular formula is C19H33N5. The second kappa shape index (κ2) is 8.15. The van der Waals surface area contributed by atoms with E-state index in [2.05, 4.69) is 21.8 Å². The minimum Gasteiger partial charge on any atom is -0.383 e. The average Bonchev–Trinajstić information content (AvgIpc) is 2.59. The molecule has 0 amide bonds. The van der Waals surface area contributed by atoms with E-state index < -0.39 is 0 Å². The lowest BCUT2D eigenvalue weighted by atomic mass is 9.86. The summed E-state index contributed by atoms with van der Waals surface area (Å²) in [6.45, 7) is 4.60. The average molecular weight is 332 g/mol. The molecule has 1 saturated carbocycles. The quantitative estimate of drug-likeness (QED) is 0.836. The van der Waals surface area contributed by atoms with E-state index in [0.717, 1.165) is 43.0 Å². The lowest BCUT2D eigenvalue weighted by Crippen LogP contribution is -2.40. The Bertz CT molecular complexity index is 539. The van der Waals surface area contributed by atoms with Gasteiger partial charge < -0.3 is 16.4 Å². The van der Waals surface area contributed by atoms with E-state index in [9.17, 15) is 0 Å². The van der Waals surface area contributed by atoms with Gasteiger partial charge in [-0.05, 0) is 51.1 Å². The third-order valence-corrected chi connectivity index (χ3v) is 6.00. The fourth-order valence-corrected chi connectivity index (χ4v) is 4.61. The molecule has 5 nitrogen and oxygen atoms in total. The van der Waals surface area contributed by atoms with Gasteiger partial charge in [-0.3, -0.25) is 0 Å². The van der Waals surface area contributed by atoms with Crippen LogP contribution in [-0.4, -0.2) is 34.0 Å². The summed E-state index contributed by atoms with van der Waals surface area (Å²) in [6.07, 6.45) is 13.1. The number of rotatable bonds is 6. The van der Waals surface area contributed by atoms with Crippen molar-refractivity contribution in [1.82, 2.24) is 14.9 Å². The maximum Gasteiger partial charge on any atom is 0.222 e. The van der Waals surface area contributed by atoms with E-state index in [1.54, 1.807) is 0 Å². The van der Waals surface area contributed by atoms with Crippen molar-refractivity contribution in [2.75, 3.05) is 24.6 Å².